The lowest BCUT2D eigenvalue weighted by Gasteiger charge is -2.10. The third kappa shape index (κ3) is 3.18. The van der Waals surface area contributed by atoms with Crippen molar-refractivity contribution in [2.24, 2.45) is 5.84 Å². The fourth-order valence-corrected chi connectivity index (χ4v) is 1.89. The molecule has 0 aliphatic carbocycles. The predicted molar refractivity (Wildman–Crippen MR) is 70.4 cm³/mol. The first-order valence-electron chi connectivity index (χ1n) is 5.29. The van der Waals surface area contributed by atoms with Crippen LogP contribution in [0, 0.1) is 11.6 Å². The maximum Gasteiger partial charge on any atom is 0.200 e. The zero-order valence-electron chi connectivity index (χ0n) is 9.66. The molecule has 1 heterocycles. The Morgan fingerprint density at radius 1 is 1.37 bits per heavy atom. The number of aromatic nitrogens is 1. The number of anilines is 1. The zero-order valence-corrected chi connectivity index (χ0v) is 11.2. The maximum atomic E-state index is 13.5. The summed E-state index contributed by atoms with van der Waals surface area (Å²) in [4.78, 5) is 3.97. The quantitative estimate of drug-likeness (QED) is 0.514. The summed E-state index contributed by atoms with van der Waals surface area (Å²) in [6.45, 7) is 0.0141. The molecule has 0 atom stereocenters. The first kappa shape index (κ1) is 13.7. The van der Waals surface area contributed by atoms with Crippen LogP contribution in [0.5, 0.6) is 5.75 Å². The Bertz CT molecular complexity index is 595. The molecule has 0 radical (unpaired) electrons. The van der Waals surface area contributed by atoms with Gasteiger partial charge in [0.25, 0.3) is 0 Å². The molecule has 0 spiro atoms. The average molecular weight is 330 g/mol. The molecule has 1 aromatic carbocycles. The summed E-state index contributed by atoms with van der Waals surface area (Å²) in [6.07, 6.45) is 1.55. The zero-order chi connectivity index (χ0) is 13.8. The summed E-state index contributed by atoms with van der Waals surface area (Å²) in [6, 6.07) is 5.79. The number of hydrazine groups is 1. The van der Waals surface area contributed by atoms with Crippen LogP contribution in [0.15, 0.2) is 34.9 Å². The Kier molecular flexibility index (Phi) is 4.28. The van der Waals surface area contributed by atoms with Gasteiger partial charge < -0.3 is 10.2 Å². The third-order valence-corrected chi connectivity index (χ3v) is 2.83. The molecule has 100 valence electrons. The molecule has 1 aromatic heterocycles. The highest BCUT2D eigenvalue weighted by Gasteiger charge is 2.12. The summed E-state index contributed by atoms with van der Waals surface area (Å²) in [5, 5.41) is 0. The van der Waals surface area contributed by atoms with Gasteiger partial charge in [-0.15, -0.1) is 0 Å². The van der Waals surface area contributed by atoms with E-state index in [1.54, 1.807) is 18.3 Å². The summed E-state index contributed by atoms with van der Waals surface area (Å²) in [5.74, 6) is 3.51. The van der Waals surface area contributed by atoms with Crippen LogP contribution in [0.2, 0.25) is 0 Å². The van der Waals surface area contributed by atoms with Crippen LogP contribution in [0.1, 0.15) is 5.56 Å². The molecule has 7 heteroatoms. The number of halogens is 3. The van der Waals surface area contributed by atoms with E-state index in [0.29, 0.717) is 15.9 Å². The third-order valence-electron chi connectivity index (χ3n) is 2.37. The Morgan fingerprint density at radius 2 is 2.16 bits per heavy atom. The maximum absolute atomic E-state index is 13.5. The highest BCUT2D eigenvalue weighted by molar-refractivity contribution is 9.10. The molecule has 0 fully saturated rings. The van der Waals surface area contributed by atoms with Crippen LogP contribution in [0.4, 0.5) is 14.6 Å². The number of hydrogen-bond donors (Lipinski definition) is 2. The largest absolute Gasteiger partial charge is 0.486 e. The van der Waals surface area contributed by atoms with Crippen molar-refractivity contribution < 1.29 is 13.5 Å². The van der Waals surface area contributed by atoms with Crippen LogP contribution >= 0.6 is 15.9 Å². The van der Waals surface area contributed by atoms with E-state index in [0.717, 1.165) is 6.07 Å². The molecule has 3 N–H and O–H groups in total. The van der Waals surface area contributed by atoms with E-state index in [2.05, 4.69) is 26.3 Å². The van der Waals surface area contributed by atoms with Gasteiger partial charge in [0.2, 0.25) is 5.82 Å². The van der Waals surface area contributed by atoms with Crippen molar-refractivity contribution in [1.29, 1.82) is 0 Å². The van der Waals surface area contributed by atoms with E-state index in [4.69, 9.17) is 10.6 Å². The van der Waals surface area contributed by atoms with Crippen LogP contribution in [-0.2, 0) is 6.61 Å². The van der Waals surface area contributed by atoms with Gasteiger partial charge in [-0.3, -0.25) is 0 Å². The van der Waals surface area contributed by atoms with Crippen LogP contribution in [0.25, 0.3) is 0 Å². The van der Waals surface area contributed by atoms with Gasteiger partial charge in [-0.2, -0.15) is 4.39 Å². The Hall–Kier alpha value is -1.73. The predicted octanol–water partition coefficient (Wildman–Crippen LogP) is 2.99. The van der Waals surface area contributed by atoms with Crippen LogP contribution < -0.4 is 16.0 Å². The fraction of sp³-hybridized carbons (Fsp3) is 0.0833. The molecular weight excluding hydrogens is 320 g/mol. The number of nitrogens with two attached hydrogens (primary N) is 1. The lowest BCUT2D eigenvalue weighted by atomic mass is 10.2. The Morgan fingerprint density at radius 3 is 2.89 bits per heavy atom. The van der Waals surface area contributed by atoms with Gasteiger partial charge >= 0.3 is 0 Å². The molecule has 0 saturated heterocycles. The summed E-state index contributed by atoms with van der Waals surface area (Å²) < 4.78 is 32.3. The van der Waals surface area contributed by atoms with Gasteiger partial charge in [0.1, 0.15) is 12.4 Å². The molecule has 0 aliphatic rings. The fourth-order valence-electron chi connectivity index (χ4n) is 1.48. The second kappa shape index (κ2) is 5.94. The van der Waals surface area contributed by atoms with E-state index in [-0.39, 0.29) is 12.4 Å². The van der Waals surface area contributed by atoms with Gasteiger partial charge in [0.05, 0.1) is 0 Å². The van der Waals surface area contributed by atoms with Crippen LogP contribution in [-0.4, -0.2) is 4.98 Å². The number of nitrogen functional groups attached to an aromatic ring is 1. The second-order valence-corrected chi connectivity index (χ2v) is 4.56. The van der Waals surface area contributed by atoms with Crippen molar-refractivity contribution in [2.45, 2.75) is 6.61 Å². The van der Waals surface area contributed by atoms with E-state index in [1.165, 1.54) is 6.07 Å². The second-order valence-electron chi connectivity index (χ2n) is 3.64. The Labute approximate surface area is 116 Å². The SMILES string of the molecule is NNc1ncccc1COc1cc(Br)cc(F)c1F. The van der Waals surface area contributed by atoms with Gasteiger partial charge in [-0.25, -0.2) is 15.2 Å². The molecule has 2 aromatic rings. The summed E-state index contributed by atoms with van der Waals surface area (Å²) >= 11 is 3.07. The van der Waals surface area contributed by atoms with Crippen molar-refractivity contribution in [3.8, 4) is 5.75 Å². The van der Waals surface area contributed by atoms with Crippen LogP contribution in [0.3, 0.4) is 0 Å². The highest BCUT2D eigenvalue weighted by Crippen LogP contribution is 2.26. The Balaban J connectivity index is 2.19. The van der Waals surface area contributed by atoms with Crippen molar-refractivity contribution in [1.82, 2.24) is 4.98 Å². The number of pyridine rings is 1. The number of rotatable bonds is 4. The average Bonchev–Trinajstić information content (AvgIpc) is 2.41. The summed E-state index contributed by atoms with van der Waals surface area (Å²) in [5.41, 5.74) is 3.03. The first-order chi connectivity index (χ1) is 9.11. The minimum atomic E-state index is -1.03. The highest BCUT2D eigenvalue weighted by atomic mass is 79.9. The molecule has 0 saturated carbocycles. The molecule has 0 bridgehead atoms. The minimum Gasteiger partial charge on any atom is -0.486 e. The smallest absolute Gasteiger partial charge is 0.200 e. The topological polar surface area (TPSA) is 60.2 Å². The normalized spacial score (nSPS) is 10.3. The molecular formula is C12H10BrF2N3O. The standard InChI is InChI=1S/C12H10BrF2N3O/c13-8-4-9(14)11(15)10(5-8)19-6-7-2-1-3-17-12(7)18-16/h1-5H,6,16H2,(H,17,18). The van der Waals surface area contributed by atoms with E-state index < -0.39 is 11.6 Å². The molecule has 2 rings (SSSR count). The molecule has 0 amide bonds. The number of benzene rings is 1. The van der Waals surface area contributed by atoms with Crippen molar-refractivity contribution in [3.63, 3.8) is 0 Å². The van der Waals surface area contributed by atoms with Gasteiger partial charge in [-0.05, 0) is 18.2 Å². The molecule has 19 heavy (non-hydrogen) atoms. The molecule has 0 aliphatic heterocycles. The van der Waals surface area contributed by atoms with Gasteiger partial charge in [0, 0.05) is 16.2 Å². The minimum absolute atomic E-state index is 0.0141. The van der Waals surface area contributed by atoms with Gasteiger partial charge in [-0.1, -0.05) is 22.0 Å². The first-order valence-corrected chi connectivity index (χ1v) is 6.09. The van der Waals surface area contributed by atoms with Crippen molar-refractivity contribution in [2.75, 3.05) is 5.43 Å². The lowest BCUT2D eigenvalue weighted by Crippen LogP contribution is -2.12. The van der Waals surface area contributed by atoms with Crippen molar-refractivity contribution >= 4 is 21.7 Å². The number of hydrogen-bond acceptors (Lipinski definition) is 4. The summed E-state index contributed by atoms with van der Waals surface area (Å²) in [7, 11) is 0. The number of nitrogens with zero attached hydrogens (tertiary/aromatic N) is 1. The van der Waals surface area contributed by atoms with E-state index >= 15 is 0 Å². The molecule has 4 nitrogen and oxygen atoms in total. The van der Waals surface area contributed by atoms with E-state index in [1.807, 2.05) is 0 Å². The molecule has 0 unspecified atom stereocenters. The monoisotopic (exact) mass is 329 g/mol. The number of nitrogens with one attached hydrogen (secondary N) is 1. The van der Waals surface area contributed by atoms with E-state index in [9.17, 15) is 8.78 Å². The van der Waals surface area contributed by atoms with Gasteiger partial charge in [0.15, 0.2) is 11.6 Å². The number of ether oxygens (including phenoxy) is 1. The van der Waals surface area contributed by atoms with Crippen molar-refractivity contribution in [3.05, 3.63) is 52.1 Å². The lowest BCUT2D eigenvalue weighted by molar-refractivity contribution is 0.284.